The van der Waals surface area contributed by atoms with Crippen molar-refractivity contribution in [2.75, 3.05) is 13.1 Å². The highest BCUT2D eigenvalue weighted by Gasteiger charge is 2.17. The summed E-state index contributed by atoms with van der Waals surface area (Å²) >= 11 is 11.8. The number of azo groups is 1. The zero-order chi connectivity index (χ0) is 20.5. The summed E-state index contributed by atoms with van der Waals surface area (Å²) < 4.78 is 0. The molecule has 0 fully saturated rings. The lowest BCUT2D eigenvalue weighted by Crippen LogP contribution is -2.11. The molecule has 0 saturated carbocycles. The van der Waals surface area contributed by atoms with E-state index in [-0.39, 0.29) is 37.8 Å². The first-order chi connectivity index (χ1) is 13.3. The van der Waals surface area contributed by atoms with Crippen molar-refractivity contribution in [2.24, 2.45) is 10.2 Å². The van der Waals surface area contributed by atoms with Gasteiger partial charge in [0.1, 0.15) is 0 Å². The smallest absolute Gasteiger partial charge is 0.304 e. The van der Waals surface area contributed by atoms with E-state index in [4.69, 9.17) is 33.4 Å². The fraction of sp³-hybridized carbons (Fsp3) is 0.300. The third-order valence-electron chi connectivity index (χ3n) is 4.23. The van der Waals surface area contributed by atoms with Gasteiger partial charge in [-0.05, 0) is 35.4 Å². The van der Waals surface area contributed by atoms with E-state index in [1.54, 1.807) is 48.5 Å². The third kappa shape index (κ3) is 7.29. The Morgan fingerprint density at radius 3 is 1.32 bits per heavy atom. The van der Waals surface area contributed by atoms with Crippen LogP contribution in [0.3, 0.4) is 0 Å². The second-order valence-corrected chi connectivity index (χ2v) is 7.21. The number of hydrogen-bond acceptors (Lipinski definition) is 4. The van der Waals surface area contributed by atoms with E-state index in [9.17, 15) is 9.59 Å². The zero-order valence-electron chi connectivity index (χ0n) is 15.0. The number of aliphatic carboxylic acids is 2. The normalized spacial score (nSPS) is 13.4. The van der Waals surface area contributed by atoms with E-state index < -0.39 is 11.9 Å². The predicted molar refractivity (Wildman–Crippen MR) is 107 cm³/mol. The Morgan fingerprint density at radius 1 is 0.714 bits per heavy atom. The van der Waals surface area contributed by atoms with E-state index in [0.717, 1.165) is 11.1 Å². The molecule has 2 N–H and O–H groups in total. The third-order valence-corrected chi connectivity index (χ3v) is 4.73. The summed E-state index contributed by atoms with van der Waals surface area (Å²) in [5.41, 5.74) is 1.62. The molecule has 0 radical (unpaired) electrons. The Morgan fingerprint density at radius 2 is 1.04 bits per heavy atom. The average molecular weight is 423 g/mol. The number of carboxylic acids is 2. The largest absolute Gasteiger partial charge is 0.481 e. The molecular weight excluding hydrogens is 403 g/mol. The van der Waals surface area contributed by atoms with Crippen LogP contribution in [0.4, 0.5) is 0 Å². The monoisotopic (exact) mass is 422 g/mol. The topological polar surface area (TPSA) is 99.3 Å². The number of rotatable bonds is 10. The van der Waals surface area contributed by atoms with Crippen LogP contribution >= 0.6 is 23.2 Å². The molecule has 0 bridgehead atoms. The molecule has 6 nitrogen and oxygen atoms in total. The van der Waals surface area contributed by atoms with Gasteiger partial charge in [0.2, 0.25) is 0 Å². The summed E-state index contributed by atoms with van der Waals surface area (Å²) in [6, 6.07) is 13.9. The summed E-state index contributed by atoms with van der Waals surface area (Å²) in [4.78, 5) is 22.3. The van der Waals surface area contributed by atoms with Crippen LogP contribution in [-0.4, -0.2) is 35.2 Å². The molecule has 2 atom stereocenters. The van der Waals surface area contributed by atoms with Crippen LogP contribution in [-0.2, 0) is 9.59 Å². The van der Waals surface area contributed by atoms with Gasteiger partial charge in [-0.3, -0.25) is 9.59 Å². The van der Waals surface area contributed by atoms with Crippen molar-refractivity contribution in [3.8, 4) is 0 Å². The minimum atomic E-state index is -0.930. The lowest BCUT2D eigenvalue weighted by atomic mass is 9.95. The Hall–Kier alpha value is -2.44. The van der Waals surface area contributed by atoms with Crippen LogP contribution in [0.1, 0.15) is 35.8 Å². The summed E-state index contributed by atoms with van der Waals surface area (Å²) in [6.45, 7) is 0.378. The molecule has 0 saturated heterocycles. The number of nitrogens with zero attached hydrogens (tertiary/aromatic N) is 2. The Bertz CT molecular complexity index is 754. The van der Waals surface area contributed by atoms with Crippen molar-refractivity contribution in [3.63, 3.8) is 0 Å². The van der Waals surface area contributed by atoms with Crippen molar-refractivity contribution in [3.05, 3.63) is 69.7 Å². The summed E-state index contributed by atoms with van der Waals surface area (Å²) in [5.74, 6) is -2.54. The number of carboxylic acid groups (broad SMARTS) is 2. The molecule has 2 aromatic rings. The van der Waals surface area contributed by atoms with Gasteiger partial charge in [0, 0.05) is 21.9 Å². The maximum absolute atomic E-state index is 11.2. The molecule has 2 aromatic carbocycles. The van der Waals surface area contributed by atoms with Crippen molar-refractivity contribution >= 4 is 35.1 Å². The molecule has 28 heavy (non-hydrogen) atoms. The van der Waals surface area contributed by atoms with Gasteiger partial charge < -0.3 is 10.2 Å². The van der Waals surface area contributed by atoms with Gasteiger partial charge in [-0.25, -0.2) is 0 Å². The van der Waals surface area contributed by atoms with Crippen LogP contribution in [0.5, 0.6) is 0 Å². The molecule has 0 amide bonds. The van der Waals surface area contributed by atoms with Crippen molar-refractivity contribution in [1.29, 1.82) is 0 Å². The van der Waals surface area contributed by atoms with Crippen LogP contribution in [0.15, 0.2) is 58.8 Å². The first kappa shape index (κ1) is 21.9. The quantitative estimate of drug-likeness (QED) is 0.509. The summed E-state index contributed by atoms with van der Waals surface area (Å²) in [5, 5.41) is 27.7. The number of halogens is 2. The second-order valence-electron chi connectivity index (χ2n) is 6.34. The number of hydrogen-bond donors (Lipinski definition) is 2. The molecule has 148 valence electrons. The Labute approximate surface area is 172 Å². The first-order valence-electron chi connectivity index (χ1n) is 8.63. The van der Waals surface area contributed by atoms with E-state index in [0.29, 0.717) is 10.0 Å². The molecule has 2 rings (SSSR count). The van der Waals surface area contributed by atoms with E-state index in [1.807, 2.05) is 0 Å². The van der Waals surface area contributed by atoms with Gasteiger partial charge in [-0.15, -0.1) is 0 Å². The van der Waals surface area contributed by atoms with Gasteiger partial charge in [-0.2, -0.15) is 10.2 Å². The van der Waals surface area contributed by atoms with Crippen molar-refractivity contribution < 1.29 is 19.8 Å². The summed E-state index contributed by atoms with van der Waals surface area (Å²) in [7, 11) is 0. The van der Waals surface area contributed by atoms with E-state index >= 15 is 0 Å². The highest BCUT2D eigenvalue weighted by molar-refractivity contribution is 6.30. The van der Waals surface area contributed by atoms with Crippen LogP contribution in [0, 0.1) is 0 Å². The number of carbonyl (C=O) groups is 2. The van der Waals surface area contributed by atoms with Gasteiger partial charge >= 0.3 is 11.9 Å². The zero-order valence-corrected chi connectivity index (χ0v) is 16.5. The Kier molecular flexibility index (Phi) is 8.42. The second kappa shape index (κ2) is 10.8. The SMILES string of the molecule is O=C(O)CC(CN=NCC(CC(=O)O)c1ccc(Cl)cc1)c1ccc(Cl)cc1. The maximum atomic E-state index is 11.2. The number of benzene rings is 2. The first-order valence-corrected chi connectivity index (χ1v) is 9.38. The predicted octanol–water partition coefficient (Wildman–Crippen LogP) is 5.26. The minimum Gasteiger partial charge on any atom is -0.481 e. The fourth-order valence-corrected chi connectivity index (χ4v) is 3.03. The van der Waals surface area contributed by atoms with Crippen molar-refractivity contribution in [2.45, 2.75) is 24.7 Å². The van der Waals surface area contributed by atoms with Crippen LogP contribution in [0.25, 0.3) is 0 Å². The van der Waals surface area contributed by atoms with Gasteiger partial charge in [-0.1, -0.05) is 47.5 Å². The molecule has 0 aliphatic carbocycles. The average Bonchev–Trinajstić information content (AvgIpc) is 2.64. The highest BCUT2D eigenvalue weighted by atomic mass is 35.5. The summed E-state index contributed by atoms with van der Waals surface area (Å²) in [6.07, 6.45) is -0.174. The van der Waals surface area contributed by atoms with Gasteiger partial charge in [0.25, 0.3) is 0 Å². The fourth-order valence-electron chi connectivity index (χ4n) is 2.78. The molecule has 0 heterocycles. The Balaban J connectivity index is 2.05. The van der Waals surface area contributed by atoms with Gasteiger partial charge in [0.05, 0.1) is 25.9 Å². The van der Waals surface area contributed by atoms with Crippen LogP contribution < -0.4 is 0 Å². The lowest BCUT2D eigenvalue weighted by Gasteiger charge is -2.14. The lowest BCUT2D eigenvalue weighted by molar-refractivity contribution is -0.138. The highest BCUT2D eigenvalue weighted by Crippen LogP contribution is 2.24. The molecule has 0 spiro atoms. The van der Waals surface area contributed by atoms with E-state index in [2.05, 4.69) is 10.2 Å². The molecule has 0 aromatic heterocycles. The molecule has 2 unspecified atom stereocenters. The van der Waals surface area contributed by atoms with Gasteiger partial charge in [0.15, 0.2) is 0 Å². The minimum absolute atomic E-state index is 0.0869. The standard InChI is InChI=1S/C20H20Cl2N2O4/c21-17-5-1-13(2-6-17)15(9-19(25)26)11-23-24-12-16(10-20(27)28)14-3-7-18(22)8-4-14/h1-8,15-16H,9-12H2,(H,25,26)(H,27,28). The maximum Gasteiger partial charge on any atom is 0.304 e. The molecule has 8 heteroatoms. The molecule has 0 aliphatic rings. The molecular formula is C20H20Cl2N2O4. The van der Waals surface area contributed by atoms with E-state index in [1.165, 1.54) is 0 Å². The van der Waals surface area contributed by atoms with Crippen molar-refractivity contribution in [1.82, 2.24) is 0 Å². The van der Waals surface area contributed by atoms with Crippen LogP contribution in [0.2, 0.25) is 10.0 Å². The molecule has 0 aliphatic heterocycles.